The molecular weight excluding hydrogens is 406 g/mol. The first-order chi connectivity index (χ1) is 15.7. The Morgan fingerprint density at radius 1 is 1.16 bits per heavy atom. The second-order valence-electron chi connectivity index (χ2n) is 7.68. The Morgan fingerprint density at radius 2 is 2.03 bits per heavy atom. The first-order valence-electron chi connectivity index (χ1n) is 10.2. The van der Waals surface area contributed by atoms with Crippen LogP contribution in [0.4, 0.5) is 5.69 Å². The summed E-state index contributed by atoms with van der Waals surface area (Å²) in [5, 5.41) is 0. The van der Waals surface area contributed by atoms with E-state index in [9.17, 15) is 4.79 Å². The van der Waals surface area contributed by atoms with Crippen LogP contribution in [0.15, 0.2) is 59.8 Å². The van der Waals surface area contributed by atoms with Crippen molar-refractivity contribution >= 4 is 27.9 Å². The van der Waals surface area contributed by atoms with Gasteiger partial charge in [0.25, 0.3) is 0 Å². The maximum Gasteiger partial charge on any atom is 0.330 e. The van der Waals surface area contributed by atoms with Gasteiger partial charge in [0.15, 0.2) is 11.3 Å². The van der Waals surface area contributed by atoms with Gasteiger partial charge in [0.2, 0.25) is 5.95 Å². The minimum Gasteiger partial charge on any atom is -0.493 e. The summed E-state index contributed by atoms with van der Waals surface area (Å²) in [4.78, 5) is 30.5. The molecule has 0 N–H and O–H groups in total. The number of fused-ring (bicyclic) bond motifs is 3. The highest BCUT2D eigenvalue weighted by Crippen LogP contribution is 2.35. The largest absolute Gasteiger partial charge is 0.493 e. The number of hydrogen-bond acceptors (Lipinski definition) is 5. The van der Waals surface area contributed by atoms with Gasteiger partial charge in [0, 0.05) is 19.0 Å². The number of aromatic nitrogens is 6. The van der Waals surface area contributed by atoms with Crippen molar-refractivity contribution < 1.29 is 4.74 Å². The molecule has 32 heavy (non-hydrogen) atoms. The van der Waals surface area contributed by atoms with Gasteiger partial charge in [0.1, 0.15) is 17.6 Å². The molecule has 9 heteroatoms. The molecule has 0 spiro atoms. The quantitative estimate of drug-likeness (QED) is 0.407. The topological polar surface area (TPSA) is 84.1 Å². The lowest BCUT2D eigenvalue weighted by Gasteiger charge is -2.26. The van der Waals surface area contributed by atoms with E-state index < -0.39 is 0 Å². The Kier molecular flexibility index (Phi) is 3.89. The lowest BCUT2D eigenvalue weighted by molar-refractivity contribution is 0.256. The molecule has 0 bridgehead atoms. The summed E-state index contributed by atoms with van der Waals surface area (Å²) >= 11 is 0. The van der Waals surface area contributed by atoms with Crippen LogP contribution in [-0.2, 0) is 7.05 Å². The molecule has 156 valence electrons. The van der Waals surface area contributed by atoms with E-state index in [1.54, 1.807) is 51.5 Å². The highest BCUT2D eigenvalue weighted by Gasteiger charge is 2.28. The van der Waals surface area contributed by atoms with Crippen molar-refractivity contribution in [3.8, 4) is 11.7 Å². The Labute approximate surface area is 182 Å². The first-order valence-corrected chi connectivity index (χ1v) is 10.2. The average Bonchev–Trinajstić information content (AvgIpc) is 3.36. The van der Waals surface area contributed by atoms with Crippen molar-refractivity contribution in [1.29, 1.82) is 0 Å². The van der Waals surface area contributed by atoms with Crippen LogP contribution in [0, 0.1) is 6.57 Å². The summed E-state index contributed by atoms with van der Waals surface area (Å²) in [7, 11) is 1.73. The van der Waals surface area contributed by atoms with Crippen LogP contribution >= 0.6 is 0 Å². The summed E-state index contributed by atoms with van der Waals surface area (Å²) in [6, 6.07) is 12.9. The minimum absolute atomic E-state index is 0.154. The minimum atomic E-state index is -0.188. The van der Waals surface area contributed by atoms with E-state index in [0.717, 1.165) is 22.3 Å². The molecule has 0 fully saturated rings. The molecule has 5 aromatic rings. The first kappa shape index (κ1) is 18.3. The zero-order valence-electron chi connectivity index (χ0n) is 17.1. The summed E-state index contributed by atoms with van der Waals surface area (Å²) in [6.45, 7) is 7.82. The van der Waals surface area contributed by atoms with Gasteiger partial charge in [-0.15, -0.1) is 0 Å². The van der Waals surface area contributed by atoms with Crippen LogP contribution in [0.2, 0.25) is 0 Å². The van der Waals surface area contributed by atoms with Crippen LogP contribution < -0.4 is 10.4 Å². The lowest BCUT2D eigenvalue weighted by atomic mass is 10.0. The maximum absolute atomic E-state index is 13.3. The summed E-state index contributed by atoms with van der Waals surface area (Å²) < 4.78 is 10.8. The van der Waals surface area contributed by atoms with E-state index in [0.29, 0.717) is 35.8 Å². The number of aryl methyl sites for hydroxylation is 1. The van der Waals surface area contributed by atoms with Crippen molar-refractivity contribution in [2.45, 2.75) is 12.5 Å². The van der Waals surface area contributed by atoms with Crippen LogP contribution in [0.3, 0.4) is 0 Å². The van der Waals surface area contributed by atoms with Crippen molar-refractivity contribution in [1.82, 2.24) is 28.7 Å². The smallest absolute Gasteiger partial charge is 0.330 e. The monoisotopic (exact) mass is 423 g/mol. The number of ether oxygens (including phenoxy) is 1. The second kappa shape index (κ2) is 6.78. The van der Waals surface area contributed by atoms with Gasteiger partial charge >= 0.3 is 5.69 Å². The van der Waals surface area contributed by atoms with Crippen LogP contribution in [0.25, 0.3) is 33.0 Å². The molecule has 0 saturated carbocycles. The van der Waals surface area contributed by atoms with Gasteiger partial charge in [-0.25, -0.2) is 19.6 Å². The van der Waals surface area contributed by atoms with E-state index in [-0.39, 0.29) is 11.7 Å². The van der Waals surface area contributed by atoms with E-state index in [1.807, 2.05) is 24.3 Å². The molecule has 1 aliphatic rings. The van der Waals surface area contributed by atoms with Gasteiger partial charge in [-0.3, -0.25) is 13.7 Å². The van der Waals surface area contributed by atoms with Crippen molar-refractivity contribution in [3.05, 3.63) is 82.5 Å². The van der Waals surface area contributed by atoms with Crippen molar-refractivity contribution in [2.75, 3.05) is 6.61 Å². The fourth-order valence-corrected chi connectivity index (χ4v) is 4.34. The third kappa shape index (κ3) is 2.56. The van der Waals surface area contributed by atoms with E-state index in [2.05, 4.69) is 14.8 Å². The highest BCUT2D eigenvalue weighted by atomic mass is 16.5. The zero-order chi connectivity index (χ0) is 21.8. The average molecular weight is 423 g/mol. The molecule has 0 aliphatic carbocycles. The van der Waals surface area contributed by atoms with Gasteiger partial charge in [-0.05, 0) is 18.2 Å². The van der Waals surface area contributed by atoms with Crippen LogP contribution in [-0.4, -0.2) is 35.3 Å². The molecule has 0 saturated heterocycles. The van der Waals surface area contributed by atoms with Gasteiger partial charge in [-0.1, -0.05) is 24.3 Å². The standard InChI is InChI=1S/C23H17N7O2/c1-24-14-7-8-16-18(11-14)29(13-26-16)22-25-12-19-21(27-22)30(23(31)28(19)2)17-9-10-32-20-6-4-3-5-15(17)20/h3-8,11-13,17H,9-10H2,2H3/t17-/m1/s1. The SMILES string of the molecule is [C-]#[N+]c1ccc2ncn(-c3ncc4c(n3)n([C@@H]3CCOc5ccccc53)c(=O)n4C)c2c1. The second-order valence-corrected chi connectivity index (χ2v) is 7.68. The molecule has 2 aromatic carbocycles. The Morgan fingerprint density at radius 3 is 2.91 bits per heavy atom. The van der Waals surface area contributed by atoms with E-state index in [4.69, 9.17) is 16.3 Å². The number of imidazole rings is 2. The summed E-state index contributed by atoms with van der Waals surface area (Å²) in [5.41, 5.74) is 3.99. The van der Waals surface area contributed by atoms with Gasteiger partial charge in [0.05, 0.1) is 36.5 Å². The molecule has 4 heterocycles. The maximum atomic E-state index is 13.3. The molecule has 0 radical (unpaired) electrons. The van der Waals surface area contributed by atoms with Gasteiger partial charge < -0.3 is 4.74 Å². The number of nitrogens with zero attached hydrogens (tertiary/aromatic N) is 7. The Hall–Kier alpha value is -4.45. The number of benzene rings is 2. The fourth-order valence-electron chi connectivity index (χ4n) is 4.34. The molecular formula is C23H17N7O2. The van der Waals surface area contributed by atoms with E-state index >= 15 is 0 Å². The summed E-state index contributed by atoms with van der Waals surface area (Å²) in [6.07, 6.45) is 3.96. The predicted octanol–water partition coefficient (Wildman–Crippen LogP) is 3.39. The van der Waals surface area contributed by atoms with Crippen molar-refractivity contribution in [2.24, 2.45) is 7.05 Å². The summed E-state index contributed by atoms with van der Waals surface area (Å²) in [5.74, 6) is 1.18. The Bertz CT molecular complexity index is 1620. The van der Waals surface area contributed by atoms with Crippen LogP contribution in [0.5, 0.6) is 5.75 Å². The normalized spacial score (nSPS) is 15.4. The molecule has 6 rings (SSSR count). The number of para-hydroxylation sites is 1. The molecule has 3 aromatic heterocycles. The highest BCUT2D eigenvalue weighted by molar-refractivity contribution is 5.81. The molecule has 9 nitrogen and oxygen atoms in total. The third-order valence-corrected chi connectivity index (χ3v) is 5.93. The molecule has 0 amide bonds. The lowest BCUT2D eigenvalue weighted by Crippen LogP contribution is -2.30. The number of rotatable bonds is 2. The predicted molar refractivity (Wildman–Crippen MR) is 118 cm³/mol. The van der Waals surface area contributed by atoms with Gasteiger partial charge in [-0.2, -0.15) is 4.98 Å². The third-order valence-electron chi connectivity index (χ3n) is 5.93. The van der Waals surface area contributed by atoms with Crippen LogP contribution in [0.1, 0.15) is 18.0 Å². The van der Waals surface area contributed by atoms with Crippen molar-refractivity contribution in [3.63, 3.8) is 0 Å². The Balaban J connectivity index is 1.59. The number of hydrogen-bond donors (Lipinski definition) is 0. The molecule has 1 aliphatic heterocycles. The zero-order valence-corrected chi connectivity index (χ0v) is 17.1. The molecule has 0 unspecified atom stereocenters. The molecule has 1 atom stereocenters. The fraction of sp³-hybridized carbons (Fsp3) is 0.174. The van der Waals surface area contributed by atoms with E-state index in [1.165, 1.54) is 0 Å².